The Balaban J connectivity index is 1.43. The molecule has 0 aliphatic rings. The van der Waals surface area contributed by atoms with Crippen LogP contribution in [0.4, 0.5) is 16.3 Å². The number of aryl methyl sites for hydroxylation is 1. The van der Waals surface area contributed by atoms with Crippen LogP contribution < -0.4 is 10.6 Å². The Morgan fingerprint density at radius 1 is 1.00 bits per heavy atom. The first-order valence-corrected chi connectivity index (χ1v) is 13.6. The molecule has 0 aliphatic carbocycles. The van der Waals surface area contributed by atoms with Gasteiger partial charge in [0, 0.05) is 30.5 Å². The van der Waals surface area contributed by atoms with Gasteiger partial charge in [-0.3, -0.25) is 14.4 Å². The van der Waals surface area contributed by atoms with Gasteiger partial charge in [-0.15, -0.1) is 0 Å². The largest absolute Gasteiger partial charge is 0.508 e. The zero-order chi connectivity index (χ0) is 30.9. The van der Waals surface area contributed by atoms with Gasteiger partial charge in [-0.25, -0.2) is 19.2 Å². The number of nitrogens with one attached hydrogen (secondary N) is 2. The van der Waals surface area contributed by atoms with Gasteiger partial charge in [0.2, 0.25) is 6.79 Å². The van der Waals surface area contributed by atoms with Crippen molar-refractivity contribution in [2.24, 2.45) is 0 Å². The molecular formula is C30H32N6O7. The van der Waals surface area contributed by atoms with E-state index in [-0.39, 0.29) is 30.2 Å². The highest BCUT2D eigenvalue weighted by Gasteiger charge is 2.25. The number of imide groups is 1. The van der Waals surface area contributed by atoms with Crippen molar-refractivity contribution in [3.63, 3.8) is 0 Å². The summed E-state index contributed by atoms with van der Waals surface area (Å²) >= 11 is 0. The van der Waals surface area contributed by atoms with E-state index in [0.29, 0.717) is 34.7 Å². The summed E-state index contributed by atoms with van der Waals surface area (Å²) < 4.78 is 11.4. The minimum Gasteiger partial charge on any atom is -0.508 e. The zero-order valence-corrected chi connectivity index (χ0v) is 24.0. The van der Waals surface area contributed by atoms with E-state index in [1.54, 1.807) is 31.2 Å². The number of phenolic OH excluding ortho intramolecular Hbond substituents is 1. The summed E-state index contributed by atoms with van der Waals surface area (Å²) in [4.78, 5) is 55.6. The van der Waals surface area contributed by atoms with Crippen LogP contribution in [0.25, 0.3) is 5.52 Å². The third-order valence-corrected chi connectivity index (χ3v) is 6.41. The number of aromatic hydroxyl groups is 1. The molecule has 43 heavy (non-hydrogen) atoms. The molecular weight excluding hydrogens is 556 g/mol. The molecule has 4 aromatic rings. The number of nitrogens with zero attached hydrogens (tertiary/aromatic N) is 4. The molecule has 13 heteroatoms. The molecule has 4 rings (SSSR count). The average Bonchev–Trinajstić information content (AvgIpc) is 3.44. The summed E-state index contributed by atoms with van der Waals surface area (Å²) in [5.41, 5.74) is 3.22. The van der Waals surface area contributed by atoms with E-state index < -0.39 is 24.8 Å². The minimum atomic E-state index is -0.988. The zero-order valence-electron chi connectivity index (χ0n) is 24.0. The van der Waals surface area contributed by atoms with Crippen molar-refractivity contribution in [3.8, 4) is 5.75 Å². The summed E-state index contributed by atoms with van der Waals surface area (Å²) in [5, 5.41) is 19.6. The van der Waals surface area contributed by atoms with Gasteiger partial charge >= 0.3 is 12.1 Å². The number of esters is 1. The Kier molecular flexibility index (Phi) is 9.89. The second-order valence-corrected chi connectivity index (χ2v) is 9.51. The fourth-order valence-corrected chi connectivity index (χ4v) is 4.08. The lowest BCUT2D eigenvalue weighted by Crippen LogP contribution is -2.37. The summed E-state index contributed by atoms with van der Waals surface area (Å²) in [6.45, 7) is 5.35. The standard InChI is InChI=1S/C30H32N6O7/c1-4-12-31-28(39)21-9-6-19(3)24(14-21)34-27-25-15-22(16-36(25)33-17-32-27)29(40)35(5-2)30(41)43-18-42-26(38)13-20-7-10-23(37)11-8-20/h6-11,14-17,37H,4-5,12-13,18H2,1-3H3,(H,31,39)(H,32,33,34). The third-order valence-electron chi connectivity index (χ3n) is 6.41. The summed E-state index contributed by atoms with van der Waals surface area (Å²) in [5.74, 6) is -1.03. The van der Waals surface area contributed by atoms with Crippen LogP contribution in [0.1, 0.15) is 52.1 Å². The van der Waals surface area contributed by atoms with Crippen molar-refractivity contribution in [1.29, 1.82) is 0 Å². The number of carbonyl (C=O) groups is 4. The predicted octanol–water partition coefficient (Wildman–Crippen LogP) is 3.97. The van der Waals surface area contributed by atoms with Crippen LogP contribution in [0.3, 0.4) is 0 Å². The number of anilines is 2. The number of phenols is 1. The Hall–Kier alpha value is -5.46. The number of hydrogen-bond donors (Lipinski definition) is 3. The topological polar surface area (TPSA) is 164 Å². The maximum Gasteiger partial charge on any atom is 0.419 e. The van der Waals surface area contributed by atoms with Gasteiger partial charge in [0.25, 0.3) is 11.8 Å². The van der Waals surface area contributed by atoms with Crippen LogP contribution in [-0.2, 0) is 20.7 Å². The Labute approximate surface area is 247 Å². The van der Waals surface area contributed by atoms with E-state index in [2.05, 4.69) is 20.7 Å². The van der Waals surface area contributed by atoms with Crippen molar-refractivity contribution >= 4 is 40.9 Å². The molecule has 224 valence electrons. The minimum absolute atomic E-state index is 0.00577. The molecule has 3 N–H and O–H groups in total. The van der Waals surface area contributed by atoms with Crippen LogP contribution in [-0.4, -0.2) is 68.4 Å². The van der Waals surface area contributed by atoms with Crippen LogP contribution in [0.2, 0.25) is 0 Å². The van der Waals surface area contributed by atoms with Gasteiger partial charge in [0.15, 0.2) is 5.82 Å². The fourth-order valence-electron chi connectivity index (χ4n) is 4.08. The number of benzene rings is 2. The molecule has 0 saturated carbocycles. The maximum absolute atomic E-state index is 13.3. The van der Waals surface area contributed by atoms with E-state index >= 15 is 0 Å². The maximum atomic E-state index is 13.3. The lowest BCUT2D eigenvalue weighted by molar-refractivity contribution is -0.151. The quantitative estimate of drug-likeness (QED) is 0.172. The highest BCUT2D eigenvalue weighted by molar-refractivity contribution is 6.04. The molecule has 0 spiro atoms. The normalized spacial score (nSPS) is 10.7. The van der Waals surface area contributed by atoms with E-state index in [1.807, 2.05) is 19.9 Å². The molecule has 2 aromatic heterocycles. The molecule has 0 radical (unpaired) electrons. The van der Waals surface area contributed by atoms with Crippen LogP contribution in [0.15, 0.2) is 61.1 Å². The highest BCUT2D eigenvalue weighted by Crippen LogP contribution is 2.25. The van der Waals surface area contributed by atoms with Crippen LogP contribution in [0.5, 0.6) is 5.75 Å². The highest BCUT2D eigenvalue weighted by atomic mass is 16.7. The Morgan fingerprint density at radius 3 is 2.49 bits per heavy atom. The third kappa shape index (κ3) is 7.64. The monoisotopic (exact) mass is 588 g/mol. The SMILES string of the molecule is CCCNC(=O)c1ccc(C)c(Nc2ncnn3cc(C(=O)N(CC)C(=O)OCOC(=O)Cc4ccc(O)cc4)cc23)c1. The van der Waals surface area contributed by atoms with Crippen LogP contribution >= 0.6 is 0 Å². The molecule has 0 unspecified atom stereocenters. The second kappa shape index (κ2) is 13.9. The molecule has 0 fully saturated rings. The number of rotatable bonds is 11. The predicted molar refractivity (Wildman–Crippen MR) is 156 cm³/mol. The Morgan fingerprint density at radius 2 is 1.77 bits per heavy atom. The van der Waals surface area contributed by atoms with Gasteiger partial charge in [0.1, 0.15) is 17.6 Å². The van der Waals surface area contributed by atoms with Crippen molar-refractivity contribution in [2.75, 3.05) is 25.2 Å². The van der Waals surface area contributed by atoms with E-state index in [0.717, 1.165) is 16.9 Å². The van der Waals surface area contributed by atoms with Gasteiger partial charge in [-0.05, 0) is 61.7 Å². The first kappa shape index (κ1) is 30.5. The van der Waals surface area contributed by atoms with E-state index in [4.69, 9.17) is 9.47 Å². The van der Waals surface area contributed by atoms with Crippen molar-refractivity contribution < 1.29 is 33.8 Å². The number of ether oxygens (including phenoxy) is 2. The molecule has 0 atom stereocenters. The average molecular weight is 589 g/mol. The van der Waals surface area contributed by atoms with Crippen molar-refractivity contribution in [2.45, 2.75) is 33.6 Å². The summed E-state index contributed by atoms with van der Waals surface area (Å²) in [7, 11) is 0. The molecule has 3 amide bonds. The van der Waals surface area contributed by atoms with E-state index in [9.17, 15) is 24.3 Å². The van der Waals surface area contributed by atoms with Crippen molar-refractivity contribution in [3.05, 3.63) is 83.3 Å². The number of hydrogen-bond acceptors (Lipinski definition) is 10. The smallest absolute Gasteiger partial charge is 0.419 e. The molecule has 2 heterocycles. The summed E-state index contributed by atoms with van der Waals surface area (Å²) in [6, 6.07) is 12.8. The first-order chi connectivity index (χ1) is 20.7. The number of carbonyl (C=O) groups excluding carboxylic acids is 4. The van der Waals surface area contributed by atoms with E-state index in [1.165, 1.54) is 35.2 Å². The van der Waals surface area contributed by atoms with Gasteiger partial charge in [-0.1, -0.05) is 25.1 Å². The van der Waals surface area contributed by atoms with Gasteiger partial charge in [0.05, 0.1) is 12.0 Å². The lowest BCUT2D eigenvalue weighted by atomic mass is 10.1. The number of amides is 3. The van der Waals surface area contributed by atoms with Crippen molar-refractivity contribution in [1.82, 2.24) is 24.8 Å². The molecule has 13 nitrogen and oxygen atoms in total. The second-order valence-electron chi connectivity index (χ2n) is 9.51. The number of aromatic nitrogens is 3. The molecule has 0 bridgehead atoms. The number of fused-ring (bicyclic) bond motifs is 1. The van der Waals surface area contributed by atoms with Gasteiger partial charge in [-0.2, -0.15) is 5.10 Å². The Bertz CT molecular complexity index is 1630. The fraction of sp³-hybridized carbons (Fsp3) is 0.267. The molecule has 0 aliphatic heterocycles. The molecule has 2 aromatic carbocycles. The first-order valence-electron chi connectivity index (χ1n) is 13.6. The molecule has 0 saturated heterocycles. The lowest BCUT2D eigenvalue weighted by Gasteiger charge is -2.17. The van der Waals surface area contributed by atoms with Crippen LogP contribution in [0, 0.1) is 6.92 Å². The van der Waals surface area contributed by atoms with Gasteiger partial charge < -0.3 is 25.2 Å². The summed E-state index contributed by atoms with van der Waals surface area (Å²) in [6.07, 6.45) is 2.52.